The first kappa shape index (κ1) is 13.8. The summed E-state index contributed by atoms with van der Waals surface area (Å²) >= 11 is 0. The van der Waals surface area contributed by atoms with Gasteiger partial charge in [0.1, 0.15) is 11.3 Å². The van der Waals surface area contributed by atoms with Gasteiger partial charge >= 0.3 is 12.1 Å². The molecule has 0 aromatic rings. The van der Waals surface area contributed by atoms with Gasteiger partial charge in [-0.15, -0.1) is 0 Å². The number of carboxylic acids is 1. The first-order valence-electron chi connectivity index (χ1n) is 5.44. The Morgan fingerprint density at radius 2 is 1.94 bits per heavy atom. The maximum atomic E-state index is 12.0. The van der Waals surface area contributed by atoms with E-state index in [1.165, 1.54) is 0 Å². The Labute approximate surface area is 100 Å². The van der Waals surface area contributed by atoms with Crippen molar-refractivity contribution in [3.63, 3.8) is 0 Å². The topological polar surface area (TPSA) is 76.1 Å². The number of ether oxygens (including phenoxy) is 2. The van der Waals surface area contributed by atoms with Crippen molar-refractivity contribution in [1.29, 1.82) is 0 Å². The van der Waals surface area contributed by atoms with Crippen molar-refractivity contribution in [2.45, 2.75) is 52.0 Å². The van der Waals surface area contributed by atoms with Crippen LogP contribution in [0.1, 0.15) is 34.6 Å². The summed E-state index contributed by atoms with van der Waals surface area (Å²) in [5.41, 5.74) is -1.63. The molecule has 1 aliphatic heterocycles. The van der Waals surface area contributed by atoms with E-state index in [1.54, 1.807) is 34.6 Å². The molecule has 0 spiro atoms. The van der Waals surface area contributed by atoms with Crippen molar-refractivity contribution < 1.29 is 24.2 Å². The number of hydrogen-bond donors (Lipinski definition) is 1. The molecular formula is C11H19NO5. The fourth-order valence-electron chi connectivity index (χ4n) is 1.64. The lowest BCUT2D eigenvalue weighted by molar-refractivity contribution is -0.143. The van der Waals surface area contributed by atoms with E-state index in [0.29, 0.717) is 0 Å². The molecule has 1 amide bonds. The molecule has 1 N–H and O–H groups in total. The summed E-state index contributed by atoms with van der Waals surface area (Å²) in [4.78, 5) is 24.1. The zero-order valence-corrected chi connectivity index (χ0v) is 10.8. The predicted octanol–water partition coefficient (Wildman–Crippen LogP) is 1.44. The van der Waals surface area contributed by atoms with Crippen LogP contribution in [-0.2, 0) is 14.3 Å². The first-order chi connectivity index (χ1) is 7.54. The van der Waals surface area contributed by atoms with Crippen molar-refractivity contribution in [1.82, 2.24) is 4.90 Å². The van der Waals surface area contributed by atoms with Gasteiger partial charge in [-0.3, -0.25) is 4.90 Å². The monoisotopic (exact) mass is 245 g/mol. The quantitative estimate of drug-likeness (QED) is 0.756. The SMILES string of the molecule is CC(C)(C)OC(=O)N1[C@@H](C(=O)O)COC1(C)C. The van der Waals surface area contributed by atoms with Gasteiger partial charge in [-0.05, 0) is 34.6 Å². The molecule has 1 rings (SSSR count). The zero-order valence-electron chi connectivity index (χ0n) is 10.8. The van der Waals surface area contributed by atoms with Crippen molar-refractivity contribution in [3.8, 4) is 0 Å². The fourth-order valence-corrected chi connectivity index (χ4v) is 1.64. The van der Waals surface area contributed by atoms with E-state index in [0.717, 1.165) is 4.90 Å². The fraction of sp³-hybridized carbons (Fsp3) is 0.818. The molecule has 1 fully saturated rings. The molecule has 98 valence electrons. The average Bonchev–Trinajstić information content (AvgIpc) is 2.37. The highest BCUT2D eigenvalue weighted by molar-refractivity contribution is 5.81. The number of aliphatic carboxylic acids is 1. The molecule has 6 heteroatoms. The van der Waals surface area contributed by atoms with Crippen molar-refractivity contribution in [2.75, 3.05) is 6.61 Å². The maximum absolute atomic E-state index is 12.0. The molecule has 6 nitrogen and oxygen atoms in total. The van der Waals surface area contributed by atoms with Gasteiger partial charge in [0.05, 0.1) is 6.61 Å². The van der Waals surface area contributed by atoms with Crippen molar-refractivity contribution in [2.24, 2.45) is 0 Å². The molecule has 0 aromatic carbocycles. The van der Waals surface area contributed by atoms with E-state index < -0.39 is 29.4 Å². The molecule has 1 saturated heterocycles. The molecule has 0 saturated carbocycles. The first-order valence-corrected chi connectivity index (χ1v) is 5.44. The second-order valence-corrected chi connectivity index (χ2v) is 5.46. The Kier molecular flexibility index (Phi) is 3.38. The van der Waals surface area contributed by atoms with E-state index >= 15 is 0 Å². The molecule has 0 radical (unpaired) electrons. The van der Waals surface area contributed by atoms with E-state index in [4.69, 9.17) is 14.6 Å². The highest BCUT2D eigenvalue weighted by Gasteiger charge is 2.48. The molecule has 1 aliphatic rings. The summed E-state index contributed by atoms with van der Waals surface area (Å²) < 4.78 is 10.5. The van der Waals surface area contributed by atoms with Gasteiger partial charge < -0.3 is 14.6 Å². The van der Waals surface area contributed by atoms with Crippen LogP contribution in [-0.4, -0.2) is 46.0 Å². The van der Waals surface area contributed by atoms with Crippen molar-refractivity contribution >= 4 is 12.1 Å². The molecule has 17 heavy (non-hydrogen) atoms. The van der Waals surface area contributed by atoms with E-state index in [-0.39, 0.29) is 6.61 Å². The van der Waals surface area contributed by atoms with Crippen LogP contribution in [0.2, 0.25) is 0 Å². The lowest BCUT2D eigenvalue weighted by atomic mass is 10.2. The standard InChI is InChI=1S/C11H19NO5/c1-10(2,3)17-9(15)12-7(8(13)14)6-16-11(12,4)5/h7H,6H2,1-5H3,(H,13,14)/t7-/m1/s1. The molecule has 0 bridgehead atoms. The van der Waals surface area contributed by atoms with E-state index in [1.807, 2.05) is 0 Å². The zero-order chi connectivity index (χ0) is 13.4. The number of carbonyl (C=O) groups excluding carboxylic acids is 1. The predicted molar refractivity (Wildman–Crippen MR) is 59.5 cm³/mol. The van der Waals surface area contributed by atoms with E-state index in [2.05, 4.69) is 0 Å². The number of rotatable bonds is 1. The summed E-state index contributed by atoms with van der Waals surface area (Å²) in [6.45, 7) is 8.43. The van der Waals surface area contributed by atoms with Crippen LogP contribution in [0.25, 0.3) is 0 Å². The lowest BCUT2D eigenvalue weighted by Gasteiger charge is -2.33. The number of nitrogens with zero attached hydrogens (tertiary/aromatic N) is 1. The largest absolute Gasteiger partial charge is 0.480 e. The highest BCUT2D eigenvalue weighted by Crippen LogP contribution is 2.29. The Morgan fingerprint density at radius 1 is 1.41 bits per heavy atom. The second kappa shape index (κ2) is 4.18. The molecular weight excluding hydrogens is 226 g/mol. The minimum atomic E-state index is -1.10. The number of carbonyl (C=O) groups is 2. The van der Waals surface area contributed by atoms with Gasteiger partial charge in [0.2, 0.25) is 0 Å². The molecule has 1 heterocycles. The van der Waals surface area contributed by atoms with Crippen LogP contribution < -0.4 is 0 Å². The van der Waals surface area contributed by atoms with Crippen LogP contribution in [0.3, 0.4) is 0 Å². The van der Waals surface area contributed by atoms with Gasteiger partial charge in [-0.2, -0.15) is 0 Å². The number of amides is 1. The summed E-state index contributed by atoms with van der Waals surface area (Å²) in [6.07, 6.45) is -0.674. The Balaban J connectivity index is 2.90. The third kappa shape index (κ3) is 3.09. The third-order valence-electron chi connectivity index (χ3n) is 2.36. The number of carboxylic acid groups (broad SMARTS) is 1. The Hall–Kier alpha value is -1.30. The van der Waals surface area contributed by atoms with E-state index in [9.17, 15) is 9.59 Å². The van der Waals surface area contributed by atoms with Crippen LogP contribution in [0.4, 0.5) is 4.79 Å². The minimum absolute atomic E-state index is 0.0262. The van der Waals surface area contributed by atoms with Gasteiger partial charge in [0, 0.05) is 0 Å². The summed E-state index contributed by atoms with van der Waals surface area (Å²) in [5, 5.41) is 9.03. The van der Waals surface area contributed by atoms with Gasteiger partial charge in [0.25, 0.3) is 0 Å². The second-order valence-electron chi connectivity index (χ2n) is 5.46. The van der Waals surface area contributed by atoms with Crippen molar-refractivity contribution in [3.05, 3.63) is 0 Å². The molecule has 0 unspecified atom stereocenters. The summed E-state index contributed by atoms with van der Waals surface area (Å²) in [6, 6.07) is -1.00. The molecule has 0 aromatic heterocycles. The maximum Gasteiger partial charge on any atom is 0.413 e. The summed E-state index contributed by atoms with van der Waals surface area (Å²) in [5.74, 6) is -1.10. The Bertz CT molecular complexity index is 331. The Morgan fingerprint density at radius 3 is 2.35 bits per heavy atom. The summed E-state index contributed by atoms with van der Waals surface area (Å²) in [7, 11) is 0. The molecule has 1 atom stereocenters. The van der Waals surface area contributed by atoms with Crippen LogP contribution in [0, 0.1) is 0 Å². The van der Waals surface area contributed by atoms with Gasteiger partial charge in [-0.25, -0.2) is 9.59 Å². The van der Waals surface area contributed by atoms with Gasteiger partial charge in [-0.1, -0.05) is 0 Å². The third-order valence-corrected chi connectivity index (χ3v) is 2.36. The van der Waals surface area contributed by atoms with Crippen LogP contribution in [0.5, 0.6) is 0 Å². The normalized spacial score (nSPS) is 23.6. The smallest absolute Gasteiger partial charge is 0.413 e. The number of hydrogen-bond acceptors (Lipinski definition) is 4. The van der Waals surface area contributed by atoms with Gasteiger partial charge in [0.15, 0.2) is 6.04 Å². The highest BCUT2D eigenvalue weighted by atomic mass is 16.6. The lowest BCUT2D eigenvalue weighted by Crippen LogP contribution is -2.52. The minimum Gasteiger partial charge on any atom is -0.480 e. The molecule has 0 aliphatic carbocycles. The van der Waals surface area contributed by atoms with Crippen LogP contribution >= 0.6 is 0 Å². The van der Waals surface area contributed by atoms with Crippen LogP contribution in [0.15, 0.2) is 0 Å². The average molecular weight is 245 g/mol.